The van der Waals surface area contributed by atoms with Gasteiger partial charge in [0.05, 0.1) is 5.41 Å². The highest BCUT2D eigenvalue weighted by molar-refractivity contribution is 5.89. The lowest BCUT2D eigenvalue weighted by atomic mass is 9.49. The predicted molar refractivity (Wildman–Crippen MR) is 182 cm³/mol. The summed E-state index contributed by atoms with van der Waals surface area (Å²) in [6.45, 7) is 21.5. The molecule has 0 aromatic rings. The summed E-state index contributed by atoms with van der Waals surface area (Å²) in [5, 5.41) is 19.9. The number of Topliss-reactive ketones (excluding diaryl/α,β-unsaturated/α-hetero) is 1. The average Bonchev–Trinajstić information content (AvgIpc) is 3.23. The van der Waals surface area contributed by atoms with Crippen molar-refractivity contribution in [2.24, 2.45) is 45.3 Å². The Hall–Kier alpha value is -2.69. The number of hydrogen-bond acceptors (Lipinski definition) is 3. The van der Waals surface area contributed by atoms with Gasteiger partial charge in [0.25, 0.3) is 0 Å². The van der Waals surface area contributed by atoms with Gasteiger partial charge in [0.2, 0.25) is 0 Å². The summed E-state index contributed by atoms with van der Waals surface area (Å²) in [6, 6.07) is 0. The molecule has 4 rings (SSSR count). The molecule has 8 atom stereocenters. The summed E-state index contributed by atoms with van der Waals surface area (Å²) in [7, 11) is 0. The van der Waals surface area contributed by atoms with Gasteiger partial charge in [-0.05, 0) is 119 Å². The molecule has 0 heterocycles. The zero-order chi connectivity index (χ0) is 33.5. The van der Waals surface area contributed by atoms with Gasteiger partial charge in [0.15, 0.2) is 0 Å². The molecule has 5 nitrogen and oxygen atoms in total. The lowest BCUT2D eigenvalue weighted by Crippen LogP contribution is -2.47. The Balaban J connectivity index is 1.59. The highest BCUT2D eigenvalue weighted by Gasteiger charge is 2.59. The number of fused-ring (bicyclic) bond motifs is 2. The summed E-state index contributed by atoms with van der Waals surface area (Å²) >= 11 is 0. The molecule has 0 aromatic heterocycles. The van der Waals surface area contributed by atoms with E-state index in [-0.39, 0.29) is 40.3 Å². The van der Waals surface area contributed by atoms with Crippen LogP contribution in [0.15, 0.2) is 58.7 Å². The number of allylic oxidation sites excluding steroid dienone is 9. The maximum Gasteiger partial charge on any atom is 0.310 e. The first-order valence-corrected chi connectivity index (χ1v) is 17.3. The molecule has 248 valence electrons. The van der Waals surface area contributed by atoms with Crippen LogP contribution in [0.1, 0.15) is 126 Å². The Kier molecular flexibility index (Phi) is 10.0. The van der Waals surface area contributed by atoms with E-state index in [1.165, 1.54) is 16.7 Å². The van der Waals surface area contributed by atoms with Crippen LogP contribution >= 0.6 is 0 Å². The van der Waals surface area contributed by atoms with Crippen molar-refractivity contribution >= 4 is 17.7 Å². The van der Waals surface area contributed by atoms with Crippen molar-refractivity contribution in [3.63, 3.8) is 0 Å². The molecule has 4 aliphatic rings. The maximum absolute atomic E-state index is 14.1. The smallest absolute Gasteiger partial charge is 0.310 e. The van der Waals surface area contributed by atoms with Crippen molar-refractivity contribution in [1.29, 1.82) is 0 Å². The van der Waals surface area contributed by atoms with Gasteiger partial charge in [-0.1, -0.05) is 80.9 Å². The van der Waals surface area contributed by atoms with Crippen molar-refractivity contribution in [2.45, 2.75) is 126 Å². The van der Waals surface area contributed by atoms with Gasteiger partial charge in [0.1, 0.15) is 5.78 Å². The van der Waals surface area contributed by atoms with Crippen LogP contribution in [-0.4, -0.2) is 27.9 Å². The first-order valence-electron chi connectivity index (χ1n) is 17.3. The minimum absolute atomic E-state index is 0.0622. The fraction of sp³-hybridized carbons (Fsp3) is 0.675. The Morgan fingerprint density at radius 2 is 1.78 bits per heavy atom. The molecule has 0 unspecified atom stereocenters. The van der Waals surface area contributed by atoms with E-state index in [4.69, 9.17) is 0 Å². The van der Waals surface area contributed by atoms with Crippen molar-refractivity contribution in [3.8, 4) is 0 Å². The summed E-state index contributed by atoms with van der Waals surface area (Å²) in [6.07, 6.45) is 16.8. The second-order valence-corrected chi connectivity index (χ2v) is 16.3. The Bertz CT molecular complexity index is 1360. The summed E-state index contributed by atoms with van der Waals surface area (Å²) < 4.78 is 0. The van der Waals surface area contributed by atoms with E-state index < -0.39 is 23.3 Å². The Labute approximate surface area is 272 Å². The lowest BCUT2D eigenvalue weighted by molar-refractivity contribution is -0.155. The maximum atomic E-state index is 14.1. The number of carboxylic acid groups (broad SMARTS) is 2. The predicted octanol–water partition coefficient (Wildman–Crippen LogP) is 9.90. The monoisotopic (exact) mass is 618 g/mol. The van der Waals surface area contributed by atoms with Gasteiger partial charge in [0, 0.05) is 24.7 Å². The number of rotatable bonds is 12. The molecular weight excluding hydrogens is 560 g/mol. The molecule has 0 radical (unpaired) electrons. The molecule has 0 saturated heterocycles. The third kappa shape index (κ3) is 6.22. The second kappa shape index (κ2) is 12.8. The SMILES string of the molecule is C=C(C)[C@@H]1C=CC2=C3CC[C@@](C)([C@H](C)CC(=O)[C@H]4CC=C(CCC=C(C)C)C[C@]4(C)C(=O)O)[C@]3(C)CC[C@H]2[C@@]1(C)CCC(=O)O. The summed E-state index contributed by atoms with van der Waals surface area (Å²) in [5.41, 5.74) is 4.98. The topological polar surface area (TPSA) is 91.7 Å². The number of carbonyl (C=O) groups excluding carboxylic acids is 1. The third-order valence-corrected chi connectivity index (χ3v) is 13.4. The fourth-order valence-electron chi connectivity index (χ4n) is 10.1. The van der Waals surface area contributed by atoms with Crippen LogP contribution in [0.2, 0.25) is 0 Å². The molecule has 4 aliphatic carbocycles. The molecule has 5 heteroatoms. The molecule has 2 N–H and O–H groups in total. The van der Waals surface area contributed by atoms with Crippen LogP contribution < -0.4 is 0 Å². The van der Waals surface area contributed by atoms with E-state index in [0.717, 1.165) is 49.7 Å². The largest absolute Gasteiger partial charge is 0.481 e. The number of hydrogen-bond donors (Lipinski definition) is 2. The zero-order valence-corrected chi connectivity index (χ0v) is 29.2. The number of carboxylic acids is 2. The van der Waals surface area contributed by atoms with Gasteiger partial charge in [-0.25, -0.2) is 0 Å². The number of carbonyl (C=O) groups is 3. The van der Waals surface area contributed by atoms with Gasteiger partial charge in [-0.2, -0.15) is 0 Å². The number of ketones is 1. The Morgan fingerprint density at radius 3 is 2.38 bits per heavy atom. The highest BCUT2D eigenvalue weighted by atomic mass is 16.4. The van der Waals surface area contributed by atoms with Crippen LogP contribution in [0.3, 0.4) is 0 Å². The van der Waals surface area contributed by atoms with E-state index in [0.29, 0.717) is 31.6 Å². The molecule has 1 fully saturated rings. The van der Waals surface area contributed by atoms with Crippen LogP contribution in [-0.2, 0) is 14.4 Å². The second-order valence-electron chi connectivity index (χ2n) is 16.3. The van der Waals surface area contributed by atoms with E-state index >= 15 is 0 Å². The van der Waals surface area contributed by atoms with Crippen LogP contribution in [0.5, 0.6) is 0 Å². The highest BCUT2D eigenvalue weighted by Crippen LogP contribution is 2.68. The van der Waals surface area contributed by atoms with Crippen LogP contribution in [0.25, 0.3) is 0 Å². The number of aliphatic carboxylic acids is 2. The molecule has 0 spiro atoms. The average molecular weight is 619 g/mol. The zero-order valence-electron chi connectivity index (χ0n) is 29.2. The van der Waals surface area contributed by atoms with E-state index in [1.807, 2.05) is 0 Å². The molecular formula is C40H58O5. The van der Waals surface area contributed by atoms with Crippen molar-refractivity contribution in [2.75, 3.05) is 0 Å². The van der Waals surface area contributed by atoms with Gasteiger partial charge < -0.3 is 10.2 Å². The molecule has 45 heavy (non-hydrogen) atoms. The Morgan fingerprint density at radius 1 is 1.09 bits per heavy atom. The van der Waals surface area contributed by atoms with Crippen molar-refractivity contribution in [3.05, 3.63) is 58.7 Å². The van der Waals surface area contributed by atoms with Crippen molar-refractivity contribution in [1.82, 2.24) is 0 Å². The van der Waals surface area contributed by atoms with E-state index in [1.54, 1.807) is 6.92 Å². The standard InChI is InChI=1S/C40H58O5/c1-25(2)11-10-12-28-13-15-33(38(7,24-28)36(44)45)34(41)23-27(5)39(8)21-18-32-29-14-16-30(26(3)4)37(6,20-19-35(42)43)31(29)17-22-40(32,39)9/h11,13-14,16,27,30-31,33H,3,10,12,15,17-24H2,1-2,4-9H3,(H,42,43)(H,44,45)/t27-,30+,31-,33-,37+,38+,39+,40-/m1/s1. The summed E-state index contributed by atoms with van der Waals surface area (Å²) in [5.74, 6) is -1.47. The molecule has 0 aliphatic heterocycles. The summed E-state index contributed by atoms with van der Waals surface area (Å²) in [4.78, 5) is 38.4. The van der Waals surface area contributed by atoms with E-state index in [2.05, 4.69) is 79.3 Å². The fourth-order valence-corrected chi connectivity index (χ4v) is 10.1. The van der Waals surface area contributed by atoms with Crippen LogP contribution in [0.4, 0.5) is 0 Å². The lowest BCUT2D eigenvalue weighted by Gasteiger charge is -2.55. The minimum atomic E-state index is -1.08. The van der Waals surface area contributed by atoms with Gasteiger partial charge >= 0.3 is 11.9 Å². The van der Waals surface area contributed by atoms with Crippen molar-refractivity contribution < 1.29 is 24.6 Å². The molecule has 1 saturated carbocycles. The van der Waals surface area contributed by atoms with Gasteiger partial charge in [-0.3, -0.25) is 14.4 Å². The normalized spacial score (nSPS) is 36.4. The minimum Gasteiger partial charge on any atom is -0.481 e. The molecule has 0 aromatic carbocycles. The molecule has 0 amide bonds. The molecule has 0 bridgehead atoms. The first-order chi connectivity index (χ1) is 20.9. The first kappa shape index (κ1) is 35.2. The van der Waals surface area contributed by atoms with Gasteiger partial charge in [-0.15, -0.1) is 0 Å². The quantitative estimate of drug-likeness (QED) is 0.212. The van der Waals surface area contributed by atoms with E-state index in [9.17, 15) is 24.6 Å². The van der Waals surface area contributed by atoms with Crippen LogP contribution in [0, 0.1) is 45.3 Å². The third-order valence-electron chi connectivity index (χ3n) is 13.4.